The van der Waals surface area contributed by atoms with Gasteiger partial charge in [0.1, 0.15) is 17.4 Å². The molecule has 0 aliphatic rings. The summed E-state index contributed by atoms with van der Waals surface area (Å²) in [7, 11) is 0. The quantitative estimate of drug-likeness (QED) is 0.905. The smallest absolute Gasteiger partial charge is 0.255 e. The molecule has 104 valence electrons. The third-order valence-electron chi connectivity index (χ3n) is 2.92. The fraction of sp³-hybridized carbons (Fsp3) is 0.133. The first-order valence-corrected chi connectivity index (χ1v) is 6.02. The maximum Gasteiger partial charge on any atom is 0.255 e. The van der Waals surface area contributed by atoms with E-state index in [2.05, 4.69) is 5.32 Å². The lowest BCUT2D eigenvalue weighted by Crippen LogP contribution is -2.26. The highest BCUT2D eigenvalue weighted by molar-refractivity contribution is 5.97. The number of phenolic OH excluding ortho intramolecular Hbond substituents is 1. The minimum Gasteiger partial charge on any atom is -0.507 e. The van der Waals surface area contributed by atoms with E-state index in [4.69, 9.17) is 0 Å². The van der Waals surface area contributed by atoms with E-state index in [-0.39, 0.29) is 17.4 Å². The van der Waals surface area contributed by atoms with Gasteiger partial charge in [0.25, 0.3) is 5.91 Å². The Balaban J connectivity index is 2.13. The molecule has 1 amide bonds. The molecule has 5 heteroatoms. The van der Waals surface area contributed by atoms with Gasteiger partial charge < -0.3 is 10.4 Å². The van der Waals surface area contributed by atoms with Crippen LogP contribution in [-0.4, -0.2) is 11.0 Å². The molecule has 1 atom stereocenters. The van der Waals surface area contributed by atoms with Crippen LogP contribution >= 0.6 is 0 Å². The highest BCUT2D eigenvalue weighted by Gasteiger charge is 2.15. The van der Waals surface area contributed by atoms with Gasteiger partial charge in [0, 0.05) is 6.07 Å². The van der Waals surface area contributed by atoms with E-state index in [1.807, 2.05) is 0 Å². The molecule has 0 spiro atoms. The molecule has 3 nitrogen and oxygen atoms in total. The zero-order valence-corrected chi connectivity index (χ0v) is 10.7. The van der Waals surface area contributed by atoms with Gasteiger partial charge in [-0.25, -0.2) is 8.78 Å². The van der Waals surface area contributed by atoms with Gasteiger partial charge in [0.05, 0.1) is 11.6 Å². The van der Waals surface area contributed by atoms with E-state index < -0.39 is 17.5 Å². The maximum absolute atomic E-state index is 12.8. The molecule has 20 heavy (non-hydrogen) atoms. The molecule has 0 saturated heterocycles. The number of aromatic hydroxyl groups is 1. The summed E-state index contributed by atoms with van der Waals surface area (Å²) < 4.78 is 25.7. The zero-order chi connectivity index (χ0) is 14.7. The Morgan fingerprint density at radius 2 is 1.70 bits per heavy atom. The second-order valence-electron chi connectivity index (χ2n) is 4.41. The van der Waals surface area contributed by atoms with Gasteiger partial charge in [-0.3, -0.25) is 4.79 Å². The molecule has 0 fully saturated rings. The lowest BCUT2D eigenvalue weighted by molar-refractivity contribution is 0.0937. The van der Waals surface area contributed by atoms with Crippen LogP contribution < -0.4 is 5.32 Å². The number of rotatable bonds is 3. The van der Waals surface area contributed by atoms with Crippen LogP contribution in [-0.2, 0) is 0 Å². The Bertz CT molecular complexity index is 626. The van der Waals surface area contributed by atoms with Crippen molar-refractivity contribution < 1.29 is 18.7 Å². The predicted octanol–water partition coefficient (Wildman–Crippen LogP) is 3.16. The van der Waals surface area contributed by atoms with Crippen molar-refractivity contribution in [1.82, 2.24) is 5.32 Å². The van der Waals surface area contributed by atoms with Crippen LogP contribution in [0.2, 0.25) is 0 Å². The molecular weight excluding hydrogens is 264 g/mol. The van der Waals surface area contributed by atoms with E-state index in [0.29, 0.717) is 0 Å². The van der Waals surface area contributed by atoms with Crippen LogP contribution in [0.25, 0.3) is 0 Å². The van der Waals surface area contributed by atoms with Crippen LogP contribution in [0.1, 0.15) is 28.9 Å². The van der Waals surface area contributed by atoms with Gasteiger partial charge >= 0.3 is 0 Å². The molecular formula is C15H13F2NO2. The van der Waals surface area contributed by atoms with Gasteiger partial charge in [-0.05, 0) is 36.8 Å². The highest BCUT2D eigenvalue weighted by atomic mass is 19.1. The van der Waals surface area contributed by atoms with Crippen molar-refractivity contribution in [3.8, 4) is 5.75 Å². The van der Waals surface area contributed by atoms with Crippen LogP contribution in [0.5, 0.6) is 5.75 Å². The summed E-state index contributed by atoms with van der Waals surface area (Å²) >= 11 is 0. The van der Waals surface area contributed by atoms with E-state index in [0.717, 1.165) is 17.7 Å². The van der Waals surface area contributed by atoms with E-state index >= 15 is 0 Å². The third-order valence-corrected chi connectivity index (χ3v) is 2.92. The second-order valence-corrected chi connectivity index (χ2v) is 4.41. The summed E-state index contributed by atoms with van der Waals surface area (Å²) in [6.07, 6.45) is 0. The zero-order valence-electron chi connectivity index (χ0n) is 10.7. The topological polar surface area (TPSA) is 49.3 Å². The monoisotopic (exact) mass is 277 g/mol. The fourth-order valence-corrected chi connectivity index (χ4v) is 1.81. The average molecular weight is 277 g/mol. The number of hydrogen-bond acceptors (Lipinski definition) is 2. The van der Waals surface area contributed by atoms with Gasteiger partial charge in [-0.1, -0.05) is 12.1 Å². The van der Waals surface area contributed by atoms with Crippen molar-refractivity contribution in [2.75, 3.05) is 0 Å². The van der Waals surface area contributed by atoms with Crippen molar-refractivity contribution in [1.29, 1.82) is 0 Å². The van der Waals surface area contributed by atoms with Gasteiger partial charge in [-0.15, -0.1) is 0 Å². The summed E-state index contributed by atoms with van der Waals surface area (Å²) in [5, 5.41) is 12.2. The molecule has 0 aliphatic heterocycles. The number of phenols is 1. The van der Waals surface area contributed by atoms with Crippen molar-refractivity contribution >= 4 is 5.91 Å². The van der Waals surface area contributed by atoms with Crippen LogP contribution in [0.3, 0.4) is 0 Å². The molecule has 0 bridgehead atoms. The van der Waals surface area contributed by atoms with Crippen LogP contribution in [0.4, 0.5) is 8.78 Å². The maximum atomic E-state index is 12.8. The summed E-state index contributed by atoms with van der Waals surface area (Å²) in [4.78, 5) is 12.0. The summed E-state index contributed by atoms with van der Waals surface area (Å²) in [5.41, 5.74) is 0.710. The Labute approximate surface area is 114 Å². The predicted molar refractivity (Wildman–Crippen MR) is 70.3 cm³/mol. The number of amides is 1. The molecule has 0 aromatic heterocycles. The SMILES string of the molecule is CC(NC(=O)c1ccc(F)cc1O)c1ccc(F)cc1. The van der Waals surface area contributed by atoms with Crippen molar-refractivity contribution in [3.05, 3.63) is 65.2 Å². The second kappa shape index (κ2) is 5.69. The Morgan fingerprint density at radius 3 is 2.30 bits per heavy atom. The molecule has 2 aromatic carbocycles. The number of halogens is 2. The van der Waals surface area contributed by atoms with E-state index in [1.165, 1.54) is 18.2 Å². The lowest BCUT2D eigenvalue weighted by atomic mass is 10.1. The molecule has 0 radical (unpaired) electrons. The van der Waals surface area contributed by atoms with E-state index in [1.54, 1.807) is 19.1 Å². The van der Waals surface area contributed by atoms with Gasteiger partial charge in [0.2, 0.25) is 0 Å². The third kappa shape index (κ3) is 3.12. The van der Waals surface area contributed by atoms with Gasteiger partial charge in [0.15, 0.2) is 0 Å². The van der Waals surface area contributed by atoms with Crippen molar-refractivity contribution in [3.63, 3.8) is 0 Å². The first-order valence-electron chi connectivity index (χ1n) is 6.02. The summed E-state index contributed by atoms with van der Waals surface area (Å²) in [6.45, 7) is 1.73. The van der Waals surface area contributed by atoms with Crippen molar-refractivity contribution in [2.45, 2.75) is 13.0 Å². The largest absolute Gasteiger partial charge is 0.507 e. The van der Waals surface area contributed by atoms with Gasteiger partial charge in [-0.2, -0.15) is 0 Å². The lowest BCUT2D eigenvalue weighted by Gasteiger charge is -2.15. The summed E-state index contributed by atoms with van der Waals surface area (Å²) in [5.74, 6) is -1.93. The molecule has 1 unspecified atom stereocenters. The molecule has 0 heterocycles. The highest BCUT2D eigenvalue weighted by Crippen LogP contribution is 2.20. The molecule has 0 aliphatic carbocycles. The molecule has 2 N–H and O–H groups in total. The minimum atomic E-state index is -0.620. The Hall–Kier alpha value is -2.43. The van der Waals surface area contributed by atoms with Crippen LogP contribution in [0.15, 0.2) is 42.5 Å². The number of benzene rings is 2. The average Bonchev–Trinajstić information content (AvgIpc) is 2.39. The fourth-order valence-electron chi connectivity index (χ4n) is 1.81. The Morgan fingerprint density at radius 1 is 1.10 bits per heavy atom. The molecule has 0 saturated carbocycles. The number of carbonyl (C=O) groups excluding carboxylic acids is 1. The number of hydrogen-bond donors (Lipinski definition) is 2. The molecule has 2 aromatic rings. The summed E-state index contributed by atoms with van der Waals surface area (Å²) in [6, 6.07) is 8.52. The van der Waals surface area contributed by atoms with Crippen molar-refractivity contribution in [2.24, 2.45) is 0 Å². The minimum absolute atomic E-state index is 0.0136. The van der Waals surface area contributed by atoms with E-state index in [9.17, 15) is 18.7 Å². The molecule has 2 rings (SSSR count). The first-order chi connectivity index (χ1) is 9.47. The van der Waals surface area contributed by atoms with Crippen LogP contribution in [0, 0.1) is 11.6 Å². The first kappa shape index (κ1) is 14.0. The normalized spacial score (nSPS) is 11.9. The number of nitrogens with one attached hydrogen (secondary N) is 1. The standard InChI is InChI=1S/C15H13F2NO2/c1-9(10-2-4-11(16)5-3-10)18-15(20)13-7-6-12(17)8-14(13)19/h2-9,19H,1H3,(H,18,20). The number of carbonyl (C=O) groups is 1. The Kier molecular flexibility index (Phi) is 3.98.